The average molecular weight is 382 g/mol. The molecule has 1 fully saturated rings. The van der Waals surface area contributed by atoms with Crippen LogP contribution in [-0.2, 0) is 10.0 Å². The summed E-state index contributed by atoms with van der Waals surface area (Å²) < 4.78 is 30.9. The van der Waals surface area contributed by atoms with E-state index < -0.39 is 10.0 Å². The van der Waals surface area contributed by atoms with Gasteiger partial charge in [-0.25, -0.2) is 8.42 Å². The minimum atomic E-state index is -3.75. The van der Waals surface area contributed by atoms with E-state index in [4.69, 9.17) is 0 Å². The van der Waals surface area contributed by atoms with Crippen LogP contribution in [0.4, 0.5) is 5.69 Å². The molecule has 0 radical (unpaired) electrons. The summed E-state index contributed by atoms with van der Waals surface area (Å²) in [5, 5.41) is 4.69. The van der Waals surface area contributed by atoms with Gasteiger partial charge in [0.2, 0.25) is 0 Å². The Hall–Kier alpha value is -2.60. The molecule has 4 rings (SSSR count). The molecular weight excluding hydrogens is 358 g/mol. The van der Waals surface area contributed by atoms with Gasteiger partial charge in [-0.1, -0.05) is 55.3 Å². The highest BCUT2D eigenvalue weighted by molar-refractivity contribution is 7.92. The fourth-order valence-corrected chi connectivity index (χ4v) is 4.85. The van der Waals surface area contributed by atoms with Crippen LogP contribution < -0.4 is 4.72 Å². The molecule has 140 valence electrons. The Bertz CT molecular complexity index is 1040. The fraction of sp³-hybridized carbons (Fsp3) is 0.286. The van der Waals surface area contributed by atoms with Crippen molar-refractivity contribution in [3.8, 4) is 11.3 Å². The van der Waals surface area contributed by atoms with Gasteiger partial charge in [0.1, 0.15) is 10.6 Å². The van der Waals surface area contributed by atoms with Crippen LogP contribution in [0.25, 0.3) is 11.3 Å². The summed E-state index contributed by atoms with van der Waals surface area (Å²) in [5.74, 6) is 0. The quantitative estimate of drug-likeness (QED) is 0.692. The first kappa shape index (κ1) is 17.8. The second-order valence-corrected chi connectivity index (χ2v) is 8.75. The van der Waals surface area contributed by atoms with Crippen molar-refractivity contribution in [1.82, 2.24) is 9.78 Å². The van der Waals surface area contributed by atoms with Gasteiger partial charge in [0.25, 0.3) is 10.0 Å². The molecule has 0 atom stereocenters. The molecule has 1 saturated carbocycles. The molecule has 5 nitrogen and oxygen atoms in total. The van der Waals surface area contributed by atoms with Gasteiger partial charge in [-0.05, 0) is 37.5 Å². The van der Waals surface area contributed by atoms with Crippen molar-refractivity contribution in [1.29, 1.82) is 0 Å². The van der Waals surface area contributed by atoms with E-state index in [9.17, 15) is 8.42 Å². The van der Waals surface area contributed by atoms with Crippen LogP contribution in [0.15, 0.2) is 65.7 Å². The molecule has 0 saturated heterocycles. The molecule has 1 N–H and O–H groups in total. The lowest BCUT2D eigenvalue weighted by molar-refractivity contribution is 0.467. The number of aryl methyl sites for hydroxylation is 1. The van der Waals surface area contributed by atoms with Gasteiger partial charge in [0.05, 0.1) is 6.04 Å². The Kier molecular flexibility index (Phi) is 4.74. The molecule has 0 spiro atoms. The fourth-order valence-electron chi connectivity index (χ4n) is 3.64. The maximum absolute atomic E-state index is 13.2. The van der Waals surface area contributed by atoms with Gasteiger partial charge in [-0.3, -0.25) is 9.40 Å². The van der Waals surface area contributed by atoms with Crippen molar-refractivity contribution in [3.05, 3.63) is 66.4 Å². The SMILES string of the molecule is Cc1cccc(NS(=O)(=O)c2cn(C3CCCC3)nc2-c2ccccc2)c1. The normalized spacial score (nSPS) is 15.1. The Morgan fingerprint density at radius 2 is 1.78 bits per heavy atom. The molecule has 2 aromatic carbocycles. The van der Waals surface area contributed by atoms with Gasteiger partial charge in [-0.15, -0.1) is 0 Å². The van der Waals surface area contributed by atoms with Crippen LogP contribution in [0.3, 0.4) is 0 Å². The highest BCUT2D eigenvalue weighted by Gasteiger charge is 2.27. The van der Waals surface area contributed by atoms with E-state index >= 15 is 0 Å². The number of rotatable bonds is 5. The summed E-state index contributed by atoms with van der Waals surface area (Å²) in [4.78, 5) is 0.224. The third-order valence-electron chi connectivity index (χ3n) is 5.00. The minimum Gasteiger partial charge on any atom is -0.280 e. The summed E-state index contributed by atoms with van der Waals surface area (Å²) in [6.07, 6.45) is 6.10. The topological polar surface area (TPSA) is 64.0 Å². The van der Waals surface area contributed by atoms with Crippen LogP contribution in [-0.4, -0.2) is 18.2 Å². The maximum Gasteiger partial charge on any atom is 0.265 e. The first-order chi connectivity index (χ1) is 13.0. The number of hydrogen-bond acceptors (Lipinski definition) is 3. The predicted octanol–water partition coefficient (Wildman–Crippen LogP) is 4.77. The van der Waals surface area contributed by atoms with Crippen molar-refractivity contribution < 1.29 is 8.42 Å². The van der Waals surface area contributed by atoms with Crippen molar-refractivity contribution in [2.45, 2.75) is 43.5 Å². The summed E-state index contributed by atoms with van der Waals surface area (Å²) in [6.45, 7) is 1.94. The highest BCUT2D eigenvalue weighted by Crippen LogP contribution is 2.33. The van der Waals surface area contributed by atoms with Gasteiger partial charge in [-0.2, -0.15) is 5.10 Å². The molecule has 27 heavy (non-hydrogen) atoms. The van der Waals surface area contributed by atoms with Gasteiger partial charge in [0, 0.05) is 17.4 Å². The van der Waals surface area contributed by atoms with Crippen LogP contribution in [0.1, 0.15) is 37.3 Å². The molecule has 1 aliphatic rings. The number of nitrogens with one attached hydrogen (secondary N) is 1. The van der Waals surface area contributed by atoms with E-state index in [1.54, 1.807) is 12.3 Å². The summed E-state index contributed by atoms with van der Waals surface area (Å²) in [7, 11) is -3.75. The third kappa shape index (κ3) is 3.76. The van der Waals surface area contributed by atoms with Gasteiger partial charge in [0.15, 0.2) is 0 Å². The minimum absolute atomic E-state index is 0.224. The lowest BCUT2D eigenvalue weighted by Crippen LogP contribution is -2.13. The number of anilines is 1. The van der Waals surface area contributed by atoms with Crippen molar-refractivity contribution in [2.24, 2.45) is 0 Å². The van der Waals surface area contributed by atoms with Gasteiger partial charge < -0.3 is 0 Å². The second kappa shape index (κ2) is 7.19. The van der Waals surface area contributed by atoms with E-state index in [1.807, 2.05) is 60.1 Å². The molecular formula is C21H23N3O2S. The number of sulfonamides is 1. The van der Waals surface area contributed by atoms with E-state index in [1.165, 1.54) is 0 Å². The number of benzene rings is 2. The van der Waals surface area contributed by atoms with Crippen molar-refractivity contribution >= 4 is 15.7 Å². The zero-order chi connectivity index (χ0) is 18.9. The maximum atomic E-state index is 13.2. The lowest BCUT2D eigenvalue weighted by atomic mass is 10.2. The largest absolute Gasteiger partial charge is 0.280 e. The molecule has 0 bridgehead atoms. The predicted molar refractivity (Wildman–Crippen MR) is 107 cm³/mol. The van der Waals surface area contributed by atoms with E-state index in [0.717, 1.165) is 36.8 Å². The molecule has 1 heterocycles. The molecule has 0 aliphatic heterocycles. The Balaban J connectivity index is 1.77. The van der Waals surface area contributed by atoms with Crippen molar-refractivity contribution in [3.63, 3.8) is 0 Å². The van der Waals surface area contributed by atoms with Gasteiger partial charge >= 0.3 is 0 Å². The molecule has 6 heteroatoms. The van der Waals surface area contributed by atoms with E-state index in [2.05, 4.69) is 9.82 Å². The second-order valence-electron chi connectivity index (χ2n) is 7.10. The first-order valence-corrected chi connectivity index (χ1v) is 10.8. The Morgan fingerprint density at radius 1 is 1.04 bits per heavy atom. The molecule has 0 amide bonds. The van der Waals surface area contributed by atoms with Crippen LogP contribution in [0.5, 0.6) is 0 Å². The van der Waals surface area contributed by atoms with Crippen LogP contribution >= 0.6 is 0 Å². The lowest BCUT2D eigenvalue weighted by Gasteiger charge is -2.09. The summed E-state index contributed by atoms with van der Waals surface area (Å²) in [5.41, 5.74) is 2.87. The zero-order valence-corrected chi connectivity index (χ0v) is 16.1. The molecule has 0 unspecified atom stereocenters. The zero-order valence-electron chi connectivity index (χ0n) is 15.3. The summed E-state index contributed by atoms with van der Waals surface area (Å²) in [6, 6.07) is 17.1. The van der Waals surface area contributed by atoms with Crippen molar-refractivity contribution in [2.75, 3.05) is 4.72 Å². The average Bonchev–Trinajstić information content (AvgIpc) is 3.32. The first-order valence-electron chi connectivity index (χ1n) is 9.27. The monoisotopic (exact) mass is 381 g/mol. The number of aromatic nitrogens is 2. The molecule has 3 aromatic rings. The Morgan fingerprint density at radius 3 is 2.48 bits per heavy atom. The molecule has 1 aromatic heterocycles. The van der Waals surface area contributed by atoms with Crippen LogP contribution in [0.2, 0.25) is 0 Å². The van der Waals surface area contributed by atoms with Crippen LogP contribution in [0, 0.1) is 6.92 Å². The number of nitrogens with zero attached hydrogens (tertiary/aromatic N) is 2. The highest BCUT2D eigenvalue weighted by atomic mass is 32.2. The third-order valence-corrected chi connectivity index (χ3v) is 6.39. The summed E-state index contributed by atoms with van der Waals surface area (Å²) >= 11 is 0. The van der Waals surface area contributed by atoms with E-state index in [-0.39, 0.29) is 10.9 Å². The Labute approximate surface area is 160 Å². The number of hydrogen-bond donors (Lipinski definition) is 1. The standard InChI is InChI=1S/C21H23N3O2S/c1-16-8-7-11-18(14-16)23-27(25,26)20-15-24(19-12-5-6-13-19)22-21(20)17-9-3-2-4-10-17/h2-4,7-11,14-15,19,23H,5-6,12-13H2,1H3. The smallest absolute Gasteiger partial charge is 0.265 e. The van der Waals surface area contributed by atoms with E-state index in [0.29, 0.717) is 11.4 Å². The molecule has 1 aliphatic carbocycles.